The molecule has 1 aliphatic heterocycles. The summed E-state index contributed by atoms with van der Waals surface area (Å²) in [5, 5.41) is 0.653. The van der Waals surface area contributed by atoms with E-state index in [1.165, 1.54) is 11.3 Å². The van der Waals surface area contributed by atoms with E-state index in [0.717, 1.165) is 34.2 Å². The molecule has 1 unspecified atom stereocenters. The largest absolute Gasteiger partial charge is 0.376 e. The number of sulfone groups is 1. The van der Waals surface area contributed by atoms with Crippen LogP contribution >= 0.6 is 11.3 Å². The Morgan fingerprint density at radius 2 is 2.00 bits per heavy atom. The van der Waals surface area contributed by atoms with Gasteiger partial charge in [0.15, 0.2) is 15.0 Å². The molecule has 1 aromatic heterocycles. The van der Waals surface area contributed by atoms with Gasteiger partial charge in [0.05, 0.1) is 33.5 Å². The second-order valence-electron chi connectivity index (χ2n) is 8.30. The summed E-state index contributed by atoms with van der Waals surface area (Å²) in [6, 6.07) is 12.6. The van der Waals surface area contributed by atoms with E-state index in [2.05, 4.69) is 12.1 Å². The van der Waals surface area contributed by atoms with Gasteiger partial charge in [-0.3, -0.25) is 9.69 Å². The Kier molecular flexibility index (Phi) is 6.93. The molecule has 0 saturated carbocycles. The average Bonchev–Trinajstić information content (AvgIpc) is 3.42. The van der Waals surface area contributed by atoms with Crippen LogP contribution in [0.5, 0.6) is 0 Å². The van der Waals surface area contributed by atoms with Gasteiger partial charge in [0.1, 0.15) is 0 Å². The minimum atomic E-state index is -3.41. The fourth-order valence-electron chi connectivity index (χ4n) is 4.05. The molecule has 0 radical (unpaired) electrons. The van der Waals surface area contributed by atoms with E-state index < -0.39 is 9.84 Å². The summed E-state index contributed by atoms with van der Waals surface area (Å²) >= 11 is 1.50. The molecule has 2 heterocycles. The third kappa shape index (κ3) is 5.19. The van der Waals surface area contributed by atoms with Crippen LogP contribution in [0.25, 0.3) is 10.2 Å². The molecule has 8 heteroatoms. The molecule has 1 fully saturated rings. The van der Waals surface area contributed by atoms with Crippen molar-refractivity contribution in [2.24, 2.45) is 0 Å². The van der Waals surface area contributed by atoms with Gasteiger partial charge in [-0.25, -0.2) is 13.4 Å². The highest BCUT2D eigenvalue weighted by molar-refractivity contribution is 7.91. The van der Waals surface area contributed by atoms with Gasteiger partial charge < -0.3 is 4.74 Å². The van der Waals surface area contributed by atoms with Crippen molar-refractivity contribution in [2.45, 2.75) is 50.5 Å². The highest BCUT2D eigenvalue weighted by atomic mass is 32.2. The smallest absolute Gasteiger partial charge is 0.228 e. The molecule has 170 valence electrons. The number of amides is 1. The third-order valence-corrected chi connectivity index (χ3v) is 8.51. The van der Waals surface area contributed by atoms with Crippen LogP contribution < -0.4 is 4.90 Å². The SMILES string of the molecule is Cc1cc(C)c2nc(N(CC3CCCO3)C(=O)CCCS(=O)(=O)c3ccccc3)sc2c1. The lowest BCUT2D eigenvalue weighted by atomic mass is 10.1. The standard InChI is InChI=1S/C24H28N2O4S2/c1-17-14-18(2)23-21(15-17)31-24(25-23)26(16-19-8-6-12-30-19)22(27)11-7-13-32(28,29)20-9-4-3-5-10-20/h3-5,9-10,14-15,19H,6-8,11-13,16H2,1-2H3. The zero-order valence-corrected chi connectivity index (χ0v) is 20.0. The van der Waals surface area contributed by atoms with E-state index >= 15 is 0 Å². The number of anilines is 1. The lowest BCUT2D eigenvalue weighted by Gasteiger charge is -2.23. The summed E-state index contributed by atoms with van der Waals surface area (Å²) in [7, 11) is -3.41. The van der Waals surface area contributed by atoms with Gasteiger partial charge in [-0.2, -0.15) is 0 Å². The van der Waals surface area contributed by atoms with Crippen LogP contribution in [-0.4, -0.2) is 44.3 Å². The maximum atomic E-state index is 13.2. The first-order valence-corrected chi connectivity index (χ1v) is 13.4. The minimum absolute atomic E-state index is 0.0122. The normalized spacial score (nSPS) is 16.5. The highest BCUT2D eigenvalue weighted by Crippen LogP contribution is 2.33. The Labute approximate surface area is 193 Å². The Morgan fingerprint density at radius 3 is 2.72 bits per heavy atom. The maximum Gasteiger partial charge on any atom is 0.228 e. The van der Waals surface area contributed by atoms with E-state index in [4.69, 9.17) is 9.72 Å². The zero-order chi connectivity index (χ0) is 22.7. The third-order valence-electron chi connectivity index (χ3n) is 5.67. The molecular weight excluding hydrogens is 444 g/mol. The second kappa shape index (κ2) is 9.68. The van der Waals surface area contributed by atoms with E-state index in [9.17, 15) is 13.2 Å². The van der Waals surface area contributed by atoms with Crippen molar-refractivity contribution < 1.29 is 17.9 Å². The number of benzene rings is 2. The van der Waals surface area contributed by atoms with Crippen molar-refractivity contribution in [3.05, 3.63) is 53.6 Å². The number of hydrogen-bond donors (Lipinski definition) is 0. The number of nitrogens with zero attached hydrogens (tertiary/aromatic N) is 2. The van der Waals surface area contributed by atoms with Gasteiger partial charge in [-0.05, 0) is 62.4 Å². The van der Waals surface area contributed by atoms with Crippen molar-refractivity contribution in [2.75, 3.05) is 23.8 Å². The number of aromatic nitrogens is 1. The number of carbonyl (C=O) groups excluding carboxylic acids is 1. The van der Waals surface area contributed by atoms with Gasteiger partial charge in [0.25, 0.3) is 0 Å². The number of hydrogen-bond acceptors (Lipinski definition) is 6. The fraction of sp³-hybridized carbons (Fsp3) is 0.417. The van der Waals surface area contributed by atoms with E-state index in [1.54, 1.807) is 35.2 Å². The Morgan fingerprint density at radius 1 is 1.22 bits per heavy atom. The molecule has 0 aliphatic carbocycles. The van der Waals surface area contributed by atoms with Crippen molar-refractivity contribution in [1.29, 1.82) is 0 Å². The number of carbonyl (C=O) groups is 1. The molecular formula is C24H28N2O4S2. The number of rotatable bonds is 8. The molecule has 0 N–H and O–H groups in total. The summed E-state index contributed by atoms with van der Waals surface area (Å²) in [5.41, 5.74) is 3.15. The van der Waals surface area contributed by atoms with Crippen LogP contribution in [0.3, 0.4) is 0 Å². The highest BCUT2D eigenvalue weighted by Gasteiger charge is 2.27. The topological polar surface area (TPSA) is 76.6 Å². The van der Waals surface area contributed by atoms with Gasteiger partial charge in [0, 0.05) is 13.0 Å². The van der Waals surface area contributed by atoms with E-state index in [0.29, 0.717) is 23.2 Å². The van der Waals surface area contributed by atoms with Crippen molar-refractivity contribution in [3.63, 3.8) is 0 Å². The van der Waals surface area contributed by atoms with E-state index in [1.807, 2.05) is 13.8 Å². The molecule has 3 aromatic rings. The fourth-order valence-corrected chi connectivity index (χ4v) is 6.55. The van der Waals surface area contributed by atoms with Crippen LogP contribution in [0.15, 0.2) is 47.4 Å². The molecule has 0 bridgehead atoms. The summed E-state index contributed by atoms with van der Waals surface area (Å²) < 4.78 is 32.0. The quantitative estimate of drug-likeness (QED) is 0.476. The lowest BCUT2D eigenvalue weighted by Crippen LogP contribution is -2.37. The maximum absolute atomic E-state index is 13.2. The first-order chi connectivity index (χ1) is 15.3. The van der Waals surface area contributed by atoms with Crippen molar-refractivity contribution in [3.8, 4) is 0 Å². The van der Waals surface area contributed by atoms with E-state index in [-0.39, 0.29) is 30.6 Å². The monoisotopic (exact) mass is 472 g/mol. The van der Waals surface area contributed by atoms with Gasteiger partial charge >= 0.3 is 0 Å². The molecule has 0 spiro atoms. The molecule has 6 nitrogen and oxygen atoms in total. The summed E-state index contributed by atoms with van der Waals surface area (Å²) in [4.78, 5) is 20.0. The number of fused-ring (bicyclic) bond motifs is 1. The van der Waals surface area contributed by atoms with Gasteiger partial charge in [-0.15, -0.1) is 0 Å². The van der Waals surface area contributed by atoms with Crippen molar-refractivity contribution >= 4 is 42.4 Å². The Hall–Kier alpha value is -2.29. The summed E-state index contributed by atoms with van der Waals surface area (Å²) in [6.07, 6.45) is 2.30. The predicted octanol–water partition coefficient (Wildman–Crippen LogP) is 4.68. The number of aryl methyl sites for hydroxylation is 2. The lowest BCUT2D eigenvalue weighted by molar-refractivity contribution is -0.119. The van der Waals surface area contributed by atoms with Crippen molar-refractivity contribution in [1.82, 2.24) is 4.98 Å². The summed E-state index contributed by atoms with van der Waals surface area (Å²) in [6.45, 7) is 5.23. The molecule has 1 amide bonds. The average molecular weight is 473 g/mol. The first-order valence-electron chi connectivity index (χ1n) is 10.9. The Balaban J connectivity index is 1.51. The molecule has 32 heavy (non-hydrogen) atoms. The predicted molar refractivity (Wildman–Crippen MR) is 128 cm³/mol. The number of thiazole rings is 1. The van der Waals surface area contributed by atoms with Crippen LogP contribution in [0.1, 0.15) is 36.8 Å². The van der Waals surface area contributed by atoms with Crippen LogP contribution in [0, 0.1) is 13.8 Å². The molecule has 1 saturated heterocycles. The van der Waals surface area contributed by atoms with Crippen LogP contribution in [0.2, 0.25) is 0 Å². The number of ether oxygens (including phenoxy) is 1. The summed E-state index contributed by atoms with van der Waals surface area (Å²) in [5.74, 6) is -0.175. The minimum Gasteiger partial charge on any atom is -0.376 e. The molecule has 1 atom stereocenters. The molecule has 1 aliphatic rings. The van der Waals surface area contributed by atoms with Crippen LogP contribution in [-0.2, 0) is 19.4 Å². The Bertz CT molecular complexity index is 1200. The van der Waals surface area contributed by atoms with Gasteiger partial charge in [0.2, 0.25) is 5.91 Å². The zero-order valence-electron chi connectivity index (χ0n) is 18.4. The molecule has 4 rings (SSSR count). The second-order valence-corrected chi connectivity index (χ2v) is 11.4. The molecule has 2 aromatic carbocycles. The van der Waals surface area contributed by atoms with Crippen LogP contribution in [0.4, 0.5) is 5.13 Å². The first kappa shape index (κ1) is 22.9. The van der Waals surface area contributed by atoms with Gasteiger partial charge in [-0.1, -0.05) is 35.6 Å².